The zero-order valence-electron chi connectivity index (χ0n) is 10.3. The molecule has 0 atom stereocenters. The van der Waals surface area contributed by atoms with Gasteiger partial charge in [0.15, 0.2) is 11.5 Å². The molecule has 0 aliphatic carbocycles. The van der Waals surface area contributed by atoms with Crippen LogP contribution in [0.1, 0.15) is 12.5 Å². The maximum absolute atomic E-state index is 5.86. The summed E-state index contributed by atoms with van der Waals surface area (Å²) in [5.41, 5.74) is 0.922. The van der Waals surface area contributed by atoms with Gasteiger partial charge in [-0.05, 0) is 26.0 Å². The van der Waals surface area contributed by atoms with Gasteiger partial charge in [-0.3, -0.25) is 0 Å². The predicted molar refractivity (Wildman–Crippen MR) is 71.7 cm³/mol. The highest BCUT2D eigenvalue weighted by atomic mass is 35.5. The van der Waals surface area contributed by atoms with E-state index < -0.39 is 0 Å². The van der Waals surface area contributed by atoms with Crippen LogP contribution in [0.3, 0.4) is 0 Å². The topological polar surface area (TPSA) is 31.4 Å². The van der Waals surface area contributed by atoms with E-state index in [1.54, 1.807) is 12.3 Å². The number of hydrogen-bond donors (Lipinski definition) is 0. The van der Waals surface area contributed by atoms with Gasteiger partial charge in [0.1, 0.15) is 10.9 Å². The molecule has 1 heterocycles. The van der Waals surface area contributed by atoms with Crippen molar-refractivity contribution in [2.24, 2.45) is 0 Å². The van der Waals surface area contributed by atoms with E-state index in [4.69, 9.17) is 21.1 Å². The Morgan fingerprint density at radius 3 is 2.61 bits per heavy atom. The maximum Gasteiger partial charge on any atom is 0.169 e. The third kappa shape index (κ3) is 2.93. The fourth-order valence-electron chi connectivity index (χ4n) is 1.52. The Balaban J connectivity index is 2.30. The van der Waals surface area contributed by atoms with Crippen LogP contribution in [-0.4, -0.2) is 11.6 Å². The first-order valence-electron chi connectivity index (χ1n) is 5.72. The Kier molecular flexibility index (Phi) is 4.05. The summed E-state index contributed by atoms with van der Waals surface area (Å²) in [6.45, 7) is 4.45. The molecule has 0 saturated heterocycles. The number of aromatic nitrogens is 1. The molecular weight excluding hydrogens is 250 g/mol. The normalized spacial score (nSPS) is 10.2. The number of pyridine rings is 1. The summed E-state index contributed by atoms with van der Waals surface area (Å²) in [5, 5.41) is 0.407. The van der Waals surface area contributed by atoms with E-state index in [9.17, 15) is 0 Å². The molecule has 0 spiro atoms. The van der Waals surface area contributed by atoms with Crippen LogP contribution in [0.15, 0.2) is 36.5 Å². The molecule has 94 valence electrons. The van der Waals surface area contributed by atoms with Gasteiger partial charge in [0.2, 0.25) is 0 Å². The molecule has 0 unspecified atom stereocenters. The van der Waals surface area contributed by atoms with Crippen molar-refractivity contribution in [3.63, 3.8) is 0 Å². The number of ether oxygens (including phenoxy) is 2. The molecule has 0 radical (unpaired) electrons. The molecule has 1 aromatic carbocycles. The van der Waals surface area contributed by atoms with E-state index in [2.05, 4.69) is 4.98 Å². The molecule has 0 bridgehead atoms. The van der Waals surface area contributed by atoms with Crippen molar-refractivity contribution in [1.29, 1.82) is 0 Å². The lowest BCUT2D eigenvalue weighted by atomic mass is 10.3. The second-order valence-corrected chi connectivity index (χ2v) is 4.14. The molecule has 0 N–H and O–H groups in total. The summed E-state index contributed by atoms with van der Waals surface area (Å²) in [6, 6.07) is 9.23. The highest BCUT2D eigenvalue weighted by molar-refractivity contribution is 6.29. The van der Waals surface area contributed by atoms with Crippen molar-refractivity contribution in [3.8, 4) is 17.2 Å². The van der Waals surface area contributed by atoms with Crippen LogP contribution in [0.5, 0.6) is 17.2 Å². The standard InChI is InChI=1S/C14H14ClNO2/c1-3-17-11-6-4-5-7-12(11)18-13-8-14(15)16-9-10(13)2/h4-9H,3H2,1-2H3. The Hall–Kier alpha value is -1.74. The number of rotatable bonds is 4. The largest absolute Gasteiger partial charge is 0.490 e. The van der Waals surface area contributed by atoms with E-state index in [0.717, 1.165) is 5.56 Å². The molecule has 4 heteroatoms. The summed E-state index contributed by atoms with van der Waals surface area (Å²) in [6.07, 6.45) is 1.68. The van der Waals surface area contributed by atoms with E-state index >= 15 is 0 Å². The van der Waals surface area contributed by atoms with Crippen LogP contribution in [0.4, 0.5) is 0 Å². The van der Waals surface area contributed by atoms with Crippen molar-refractivity contribution in [3.05, 3.63) is 47.2 Å². The van der Waals surface area contributed by atoms with Gasteiger partial charge in [0.05, 0.1) is 6.61 Å². The molecule has 0 saturated carbocycles. The van der Waals surface area contributed by atoms with Gasteiger partial charge >= 0.3 is 0 Å². The minimum atomic E-state index is 0.407. The van der Waals surface area contributed by atoms with Gasteiger partial charge in [-0.1, -0.05) is 23.7 Å². The summed E-state index contributed by atoms with van der Waals surface area (Å²) in [7, 11) is 0. The molecule has 1 aromatic heterocycles. The van der Waals surface area contributed by atoms with Crippen molar-refractivity contribution >= 4 is 11.6 Å². The summed E-state index contributed by atoms with van der Waals surface area (Å²) < 4.78 is 11.3. The molecule has 2 rings (SSSR count). The third-order valence-corrected chi connectivity index (χ3v) is 2.60. The van der Waals surface area contributed by atoms with Gasteiger partial charge in [-0.25, -0.2) is 4.98 Å². The van der Waals surface area contributed by atoms with E-state index in [-0.39, 0.29) is 0 Å². The molecule has 0 aliphatic rings. The van der Waals surface area contributed by atoms with Crippen molar-refractivity contribution in [2.45, 2.75) is 13.8 Å². The highest BCUT2D eigenvalue weighted by Gasteiger charge is 2.08. The number of para-hydroxylation sites is 2. The smallest absolute Gasteiger partial charge is 0.169 e. The summed E-state index contributed by atoms with van der Waals surface area (Å²) in [5.74, 6) is 2.07. The minimum absolute atomic E-state index is 0.407. The predicted octanol–water partition coefficient (Wildman–Crippen LogP) is 4.23. The first kappa shape index (κ1) is 12.7. The second-order valence-electron chi connectivity index (χ2n) is 3.75. The van der Waals surface area contributed by atoms with Crippen molar-refractivity contribution in [2.75, 3.05) is 6.61 Å². The first-order valence-corrected chi connectivity index (χ1v) is 6.10. The molecule has 2 aromatic rings. The third-order valence-electron chi connectivity index (χ3n) is 2.39. The number of halogens is 1. The average Bonchev–Trinajstić information content (AvgIpc) is 2.36. The number of hydrogen-bond acceptors (Lipinski definition) is 3. The van der Waals surface area contributed by atoms with Crippen LogP contribution in [0, 0.1) is 6.92 Å². The highest BCUT2D eigenvalue weighted by Crippen LogP contribution is 2.33. The maximum atomic E-state index is 5.86. The molecule has 3 nitrogen and oxygen atoms in total. The zero-order valence-corrected chi connectivity index (χ0v) is 11.1. The zero-order chi connectivity index (χ0) is 13.0. The van der Waals surface area contributed by atoms with Gasteiger partial charge < -0.3 is 9.47 Å². The molecule has 0 amide bonds. The van der Waals surface area contributed by atoms with Gasteiger partial charge in [-0.15, -0.1) is 0 Å². The van der Waals surface area contributed by atoms with E-state index in [1.807, 2.05) is 38.1 Å². The first-order chi connectivity index (χ1) is 8.70. The van der Waals surface area contributed by atoms with Crippen LogP contribution in [0.2, 0.25) is 5.15 Å². The number of nitrogens with zero attached hydrogens (tertiary/aromatic N) is 1. The fraction of sp³-hybridized carbons (Fsp3) is 0.214. The monoisotopic (exact) mass is 263 g/mol. The molecule has 0 aliphatic heterocycles. The lowest BCUT2D eigenvalue weighted by molar-refractivity contribution is 0.321. The van der Waals surface area contributed by atoms with Crippen molar-refractivity contribution in [1.82, 2.24) is 4.98 Å². The second kappa shape index (κ2) is 5.74. The number of aryl methyl sites for hydroxylation is 1. The van der Waals surface area contributed by atoms with Gasteiger partial charge in [-0.2, -0.15) is 0 Å². The van der Waals surface area contributed by atoms with E-state index in [0.29, 0.717) is 29.0 Å². The summed E-state index contributed by atoms with van der Waals surface area (Å²) in [4.78, 5) is 3.99. The van der Waals surface area contributed by atoms with Crippen LogP contribution < -0.4 is 9.47 Å². The average molecular weight is 264 g/mol. The summed E-state index contributed by atoms with van der Waals surface area (Å²) >= 11 is 5.86. The van der Waals surface area contributed by atoms with E-state index in [1.165, 1.54) is 0 Å². The quantitative estimate of drug-likeness (QED) is 0.774. The Bertz CT molecular complexity index is 543. The fourth-order valence-corrected chi connectivity index (χ4v) is 1.67. The minimum Gasteiger partial charge on any atom is -0.490 e. The molecule has 0 fully saturated rings. The Morgan fingerprint density at radius 2 is 1.89 bits per heavy atom. The Labute approximate surface area is 111 Å². The van der Waals surface area contributed by atoms with Crippen LogP contribution in [-0.2, 0) is 0 Å². The van der Waals surface area contributed by atoms with Crippen LogP contribution in [0.25, 0.3) is 0 Å². The van der Waals surface area contributed by atoms with Crippen molar-refractivity contribution < 1.29 is 9.47 Å². The molecular formula is C14H14ClNO2. The Morgan fingerprint density at radius 1 is 1.17 bits per heavy atom. The molecule has 18 heavy (non-hydrogen) atoms. The van der Waals surface area contributed by atoms with Gasteiger partial charge in [0, 0.05) is 17.8 Å². The number of benzene rings is 1. The lowest BCUT2D eigenvalue weighted by Crippen LogP contribution is -1.95. The lowest BCUT2D eigenvalue weighted by Gasteiger charge is -2.12. The van der Waals surface area contributed by atoms with Gasteiger partial charge in [0.25, 0.3) is 0 Å². The SMILES string of the molecule is CCOc1ccccc1Oc1cc(Cl)ncc1C. The van der Waals surface area contributed by atoms with Crippen LogP contribution >= 0.6 is 11.6 Å².